The second-order valence-corrected chi connectivity index (χ2v) is 20.4. The predicted molar refractivity (Wildman–Crippen MR) is 286 cm³/mol. The van der Waals surface area contributed by atoms with Crippen LogP contribution in [0, 0.1) is 0 Å². The van der Waals surface area contributed by atoms with Gasteiger partial charge in [0.2, 0.25) is 5.91 Å². The molecule has 2 unspecified atom stereocenters. The average molecular weight is 901 g/mol. The molecule has 0 spiro atoms. The third-order valence-electron chi connectivity index (χ3n) is 13.9. The van der Waals surface area contributed by atoms with Crippen LogP contribution in [-0.4, -0.2) is 34.9 Å². The molecule has 0 aliphatic rings. The Morgan fingerprint density at radius 2 is 0.594 bits per heavy atom. The van der Waals surface area contributed by atoms with Crippen LogP contribution in [0.4, 0.5) is 0 Å². The molecule has 0 aromatic carbocycles. The molecule has 64 heavy (non-hydrogen) atoms. The van der Waals surface area contributed by atoms with Crippen LogP contribution in [0.2, 0.25) is 0 Å². The van der Waals surface area contributed by atoms with E-state index in [9.17, 15) is 15.0 Å². The lowest BCUT2D eigenvalue weighted by atomic mass is 10.0. The van der Waals surface area contributed by atoms with Crippen molar-refractivity contribution in [1.29, 1.82) is 0 Å². The van der Waals surface area contributed by atoms with Crippen LogP contribution in [0.15, 0.2) is 24.3 Å². The highest BCUT2D eigenvalue weighted by Gasteiger charge is 2.18. The Hall–Kier alpha value is -1.13. The Morgan fingerprint density at radius 1 is 0.359 bits per heavy atom. The molecule has 0 aromatic heterocycles. The van der Waals surface area contributed by atoms with Gasteiger partial charge in [0, 0.05) is 6.42 Å². The number of rotatable bonds is 55. The summed E-state index contributed by atoms with van der Waals surface area (Å²) in [4.78, 5) is 12.5. The zero-order chi connectivity index (χ0) is 46.3. The molecule has 0 saturated heterocycles. The van der Waals surface area contributed by atoms with E-state index < -0.39 is 12.1 Å². The summed E-state index contributed by atoms with van der Waals surface area (Å²) in [6, 6.07) is -0.622. The van der Waals surface area contributed by atoms with E-state index in [1.807, 2.05) is 6.08 Å². The van der Waals surface area contributed by atoms with Crippen molar-refractivity contribution in [3.63, 3.8) is 0 Å². The molecule has 4 heteroatoms. The van der Waals surface area contributed by atoms with E-state index in [-0.39, 0.29) is 12.5 Å². The summed E-state index contributed by atoms with van der Waals surface area (Å²) < 4.78 is 0. The second kappa shape index (κ2) is 56.2. The van der Waals surface area contributed by atoms with Crippen LogP contribution in [-0.2, 0) is 4.79 Å². The summed E-state index contributed by atoms with van der Waals surface area (Å²) >= 11 is 0. The first-order valence-corrected chi connectivity index (χ1v) is 29.6. The Balaban J connectivity index is 3.43. The van der Waals surface area contributed by atoms with Gasteiger partial charge in [0.05, 0.1) is 18.8 Å². The summed E-state index contributed by atoms with van der Waals surface area (Å²) in [5.41, 5.74) is 0. The maximum absolute atomic E-state index is 12.5. The summed E-state index contributed by atoms with van der Waals surface area (Å²) in [6.07, 6.45) is 75.0. The molecule has 1 amide bonds. The minimum absolute atomic E-state index is 0.0614. The average Bonchev–Trinajstić information content (AvgIpc) is 3.30. The summed E-state index contributed by atoms with van der Waals surface area (Å²) in [5, 5.41) is 23.2. The third kappa shape index (κ3) is 51.8. The van der Waals surface area contributed by atoms with Crippen molar-refractivity contribution < 1.29 is 15.0 Å². The van der Waals surface area contributed by atoms with E-state index >= 15 is 0 Å². The normalized spacial score (nSPS) is 12.9. The summed E-state index contributed by atoms with van der Waals surface area (Å²) in [6.45, 7) is 4.34. The lowest BCUT2D eigenvalue weighted by molar-refractivity contribution is -0.123. The SMILES string of the molecule is CCCCCCCC/C=C\CCCCCCCCCCCC(=O)NC(CO)C(O)/C=C/CCCCCCCCCCCCCCCCCCCCCCCCCCCCCCCCC. The first kappa shape index (κ1) is 62.9. The van der Waals surface area contributed by atoms with Crippen LogP contribution in [0.1, 0.15) is 335 Å². The minimum atomic E-state index is -0.839. The molecule has 2 atom stereocenters. The Kier molecular flexibility index (Phi) is 55.2. The summed E-state index contributed by atoms with van der Waals surface area (Å²) in [7, 11) is 0. The largest absolute Gasteiger partial charge is 0.394 e. The molecule has 3 N–H and O–H groups in total. The van der Waals surface area contributed by atoms with Gasteiger partial charge in [0.25, 0.3) is 0 Å². The Labute approximate surface area is 402 Å². The zero-order valence-corrected chi connectivity index (χ0v) is 43.8. The standard InChI is InChI=1S/C60H117NO3/c1-3-5-7-9-11-13-15-17-19-21-23-24-25-26-27-28-29-30-31-32-33-34-35-36-38-39-41-43-45-47-49-51-53-55-59(63)58(57-62)61-60(64)56-54-52-50-48-46-44-42-40-37-22-20-18-16-14-12-10-8-6-4-2/h18,20,53,55,58-59,62-63H,3-17,19,21-52,54,56-57H2,1-2H3,(H,61,64)/b20-18-,55-53+. The van der Waals surface area contributed by atoms with E-state index in [2.05, 4.69) is 31.3 Å². The van der Waals surface area contributed by atoms with Gasteiger partial charge >= 0.3 is 0 Å². The topological polar surface area (TPSA) is 69.6 Å². The van der Waals surface area contributed by atoms with Gasteiger partial charge in [0.1, 0.15) is 0 Å². The number of hydrogen-bond acceptors (Lipinski definition) is 3. The minimum Gasteiger partial charge on any atom is -0.394 e. The van der Waals surface area contributed by atoms with Gasteiger partial charge in [-0.1, -0.05) is 308 Å². The number of allylic oxidation sites excluding steroid dienone is 3. The summed E-state index contributed by atoms with van der Waals surface area (Å²) in [5.74, 6) is -0.0614. The highest BCUT2D eigenvalue weighted by atomic mass is 16.3. The molecule has 380 valence electrons. The number of carbonyl (C=O) groups excluding carboxylic acids is 1. The molecular weight excluding hydrogens is 783 g/mol. The number of unbranched alkanes of at least 4 members (excludes halogenated alkanes) is 46. The maximum Gasteiger partial charge on any atom is 0.220 e. The molecule has 0 rings (SSSR count). The van der Waals surface area contributed by atoms with E-state index in [4.69, 9.17) is 0 Å². The monoisotopic (exact) mass is 900 g/mol. The first-order chi connectivity index (χ1) is 31.7. The fourth-order valence-electron chi connectivity index (χ4n) is 9.41. The smallest absolute Gasteiger partial charge is 0.220 e. The number of aliphatic hydroxyl groups is 2. The number of aliphatic hydroxyl groups excluding tert-OH is 2. The van der Waals surface area contributed by atoms with E-state index in [1.165, 1.54) is 289 Å². The lowest BCUT2D eigenvalue weighted by Crippen LogP contribution is -2.45. The molecule has 4 nitrogen and oxygen atoms in total. The molecule has 0 aliphatic heterocycles. The lowest BCUT2D eigenvalue weighted by Gasteiger charge is -2.20. The van der Waals surface area contributed by atoms with Crippen molar-refractivity contribution in [2.24, 2.45) is 0 Å². The number of amides is 1. The van der Waals surface area contributed by atoms with Gasteiger partial charge in [-0.3, -0.25) is 4.79 Å². The van der Waals surface area contributed by atoms with Gasteiger partial charge < -0.3 is 15.5 Å². The third-order valence-corrected chi connectivity index (χ3v) is 13.9. The molecule has 0 saturated carbocycles. The number of carbonyl (C=O) groups is 1. The van der Waals surface area contributed by atoms with E-state index in [0.717, 1.165) is 25.7 Å². The molecule has 0 aromatic rings. The molecule has 0 fully saturated rings. The van der Waals surface area contributed by atoms with E-state index in [0.29, 0.717) is 6.42 Å². The Morgan fingerprint density at radius 3 is 0.859 bits per heavy atom. The van der Waals surface area contributed by atoms with Crippen molar-refractivity contribution in [3.05, 3.63) is 24.3 Å². The van der Waals surface area contributed by atoms with Crippen LogP contribution in [0.5, 0.6) is 0 Å². The Bertz CT molecular complexity index is 932. The quantitative estimate of drug-likeness (QED) is 0.0421. The van der Waals surface area contributed by atoms with Crippen molar-refractivity contribution in [2.75, 3.05) is 6.61 Å². The van der Waals surface area contributed by atoms with Crippen molar-refractivity contribution in [3.8, 4) is 0 Å². The van der Waals surface area contributed by atoms with Crippen molar-refractivity contribution >= 4 is 5.91 Å². The van der Waals surface area contributed by atoms with Gasteiger partial charge in [-0.05, 0) is 44.9 Å². The van der Waals surface area contributed by atoms with Crippen LogP contribution in [0.3, 0.4) is 0 Å². The molecule has 0 bridgehead atoms. The van der Waals surface area contributed by atoms with Crippen LogP contribution in [0.25, 0.3) is 0 Å². The van der Waals surface area contributed by atoms with Gasteiger partial charge in [-0.2, -0.15) is 0 Å². The molecule has 0 aliphatic carbocycles. The fourth-order valence-corrected chi connectivity index (χ4v) is 9.41. The highest BCUT2D eigenvalue weighted by molar-refractivity contribution is 5.76. The van der Waals surface area contributed by atoms with Gasteiger partial charge in [0.15, 0.2) is 0 Å². The number of nitrogens with one attached hydrogen (secondary N) is 1. The van der Waals surface area contributed by atoms with Crippen LogP contribution < -0.4 is 5.32 Å². The van der Waals surface area contributed by atoms with Crippen LogP contribution >= 0.6 is 0 Å². The van der Waals surface area contributed by atoms with Gasteiger partial charge in [-0.15, -0.1) is 0 Å². The molecule has 0 radical (unpaired) electrons. The second-order valence-electron chi connectivity index (χ2n) is 20.4. The number of hydrogen-bond donors (Lipinski definition) is 3. The highest BCUT2D eigenvalue weighted by Crippen LogP contribution is 2.18. The maximum atomic E-state index is 12.5. The zero-order valence-electron chi connectivity index (χ0n) is 43.8. The van der Waals surface area contributed by atoms with Crippen molar-refractivity contribution in [2.45, 2.75) is 347 Å². The fraction of sp³-hybridized carbons (Fsp3) is 0.917. The molecule has 0 heterocycles. The van der Waals surface area contributed by atoms with Gasteiger partial charge in [-0.25, -0.2) is 0 Å². The molecular formula is C60H117NO3. The first-order valence-electron chi connectivity index (χ1n) is 29.6. The van der Waals surface area contributed by atoms with E-state index in [1.54, 1.807) is 6.08 Å². The predicted octanol–water partition coefficient (Wildman–Crippen LogP) is 19.5. The van der Waals surface area contributed by atoms with Crippen molar-refractivity contribution in [1.82, 2.24) is 5.32 Å².